The van der Waals surface area contributed by atoms with Gasteiger partial charge in [0.1, 0.15) is 0 Å². The molecule has 1 aromatic rings. The Morgan fingerprint density at radius 2 is 2.17 bits per heavy atom. The fourth-order valence-corrected chi connectivity index (χ4v) is 3.72. The molecule has 0 saturated carbocycles. The van der Waals surface area contributed by atoms with Crippen molar-refractivity contribution in [3.8, 4) is 0 Å². The monoisotopic (exact) mass is 334 g/mol. The van der Waals surface area contributed by atoms with Gasteiger partial charge in [-0.1, -0.05) is 6.92 Å². The van der Waals surface area contributed by atoms with Crippen LogP contribution in [0.2, 0.25) is 0 Å². The molecule has 0 radical (unpaired) electrons. The molecular weight excluding hydrogens is 304 g/mol. The first-order valence-corrected chi connectivity index (χ1v) is 9.17. The van der Waals surface area contributed by atoms with Gasteiger partial charge in [-0.2, -0.15) is 5.10 Å². The maximum atomic E-state index is 12.6. The molecule has 0 aliphatic carbocycles. The minimum atomic E-state index is -0.131. The fourth-order valence-electron chi connectivity index (χ4n) is 3.72. The lowest BCUT2D eigenvalue weighted by atomic mass is 9.96. The molecule has 1 N–H and O–H groups in total. The Kier molecular flexibility index (Phi) is 5.56. The van der Waals surface area contributed by atoms with Crippen LogP contribution in [0, 0.1) is 11.8 Å². The van der Waals surface area contributed by atoms with Crippen LogP contribution in [0.25, 0.3) is 0 Å². The quantitative estimate of drug-likeness (QED) is 0.891. The molecular formula is C18H30N4O2. The third-order valence-corrected chi connectivity index (χ3v) is 5.42. The largest absolute Gasteiger partial charge is 0.373 e. The maximum absolute atomic E-state index is 12.6. The standard InChI is InChI=1S/C18H30N4O2/c1-13-4-7-22(8-5-13)18(23)14(2)19-10-15-6-9-24-17(15)16-11-20-21(3)12-16/h11-15,17,19H,4-10H2,1-3H3/t14-,15-,17+/m0/s1. The Hall–Kier alpha value is -1.40. The minimum Gasteiger partial charge on any atom is -0.373 e. The normalized spacial score (nSPS) is 26.7. The molecule has 2 saturated heterocycles. The number of nitrogens with zero attached hydrogens (tertiary/aromatic N) is 3. The Bertz CT molecular complexity index is 551. The Morgan fingerprint density at radius 3 is 2.83 bits per heavy atom. The first kappa shape index (κ1) is 17.4. The molecule has 2 aliphatic rings. The highest BCUT2D eigenvalue weighted by molar-refractivity contribution is 5.81. The molecule has 134 valence electrons. The predicted octanol–water partition coefficient (Wildman–Crippen LogP) is 1.73. The number of piperidine rings is 1. The van der Waals surface area contributed by atoms with Crippen molar-refractivity contribution in [1.29, 1.82) is 0 Å². The molecule has 1 amide bonds. The lowest BCUT2D eigenvalue weighted by Crippen LogP contribution is -2.48. The van der Waals surface area contributed by atoms with Crippen LogP contribution < -0.4 is 5.32 Å². The number of hydrogen-bond acceptors (Lipinski definition) is 4. The molecule has 3 heterocycles. The van der Waals surface area contributed by atoms with Gasteiger partial charge in [0.15, 0.2) is 0 Å². The van der Waals surface area contributed by atoms with Gasteiger partial charge >= 0.3 is 0 Å². The zero-order chi connectivity index (χ0) is 17.1. The average Bonchev–Trinajstić information content (AvgIpc) is 3.21. The lowest BCUT2D eigenvalue weighted by Gasteiger charge is -2.32. The zero-order valence-electron chi connectivity index (χ0n) is 15.1. The van der Waals surface area contributed by atoms with Crippen LogP contribution in [-0.2, 0) is 16.6 Å². The van der Waals surface area contributed by atoms with Gasteiger partial charge in [0, 0.05) is 51.0 Å². The van der Waals surface area contributed by atoms with Crippen LogP contribution in [0.3, 0.4) is 0 Å². The third-order valence-electron chi connectivity index (χ3n) is 5.42. The molecule has 2 fully saturated rings. The SMILES string of the molecule is CC1CCN(C(=O)[C@H](C)NC[C@@H]2CCO[C@H]2c2cnn(C)c2)CC1. The van der Waals surface area contributed by atoms with Gasteiger partial charge in [-0.25, -0.2) is 0 Å². The van der Waals surface area contributed by atoms with Gasteiger partial charge in [0.2, 0.25) is 5.91 Å². The van der Waals surface area contributed by atoms with E-state index in [4.69, 9.17) is 4.74 Å². The van der Waals surface area contributed by atoms with Crippen LogP contribution in [0.5, 0.6) is 0 Å². The van der Waals surface area contributed by atoms with Gasteiger partial charge in [-0.3, -0.25) is 9.48 Å². The van der Waals surface area contributed by atoms with Gasteiger partial charge in [-0.15, -0.1) is 0 Å². The van der Waals surface area contributed by atoms with E-state index >= 15 is 0 Å². The molecule has 6 nitrogen and oxygen atoms in total. The summed E-state index contributed by atoms with van der Waals surface area (Å²) in [4.78, 5) is 14.6. The highest BCUT2D eigenvalue weighted by Crippen LogP contribution is 2.33. The van der Waals surface area contributed by atoms with E-state index in [-0.39, 0.29) is 18.1 Å². The number of ether oxygens (including phenoxy) is 1. The first-order chi connectivity index (χ1) is 11.5. The van der Waals surface area contributed by atoms with Gasteiger partial charge in [0.05, 0.1) is 18.3 Å². The van der Waals surface area contributed by atoms with E-state index in [2.05, 4.69) is 17.3 Å². The second kappa shape index (κ2) is 7.66. The van der Waals surface area contributed by atoms with E-state index in [1.807, 2.05) is 35.9 Å². The van der Waals surface area contributed by atoms with Crippen molar-refractivity contribution in [2.24, 2.45) is 18.9 Å². The molecule has 0 unspecified atom stereocenters. The summed E-state index contributed by atoms with van der Waals surface area (Å²) in [7, 11) is 1.92. The summed E-state index contributed by atoms with van der Waals surface area (Å²) in [5.41, 5.74) is 1.13. The number of hydrogen-bond donors (Lipinski definition) is 1. The van der Waals surface area contributed by atoms with Crippen molar-refractivity contribution >= 4 is 5.91 Å². The number of carbonyl (C=O) groups is 1. The summed E-state index contributed by atoms with van der Waals surface area (Å²) in [6, 6.07) is -0.131. The van der Waals surface area contributed by atoms with E-state index < -0.39 is 0 Å². The lowest BCUT2D eigenvalue weighted by molar-refractivity contribution is -0.134. The third kappa shape index (κ3) is 3.98. The second-order valence-electron chi connectivity index (χ2n) is 7.43. The van der Waals surface area contributed by atoms with Crippen LogP contribution in [0.1, 0.15) is 44.8 Å². The van der Waals surface area contributed by atoms with Crippen LogP contribution in [-0.4, -0.2) is 52.9 Å². The molecule has 3 rings (SSSR count). The fraction of sp³-hybridized carbons (Fsp3) is 0.778. The average molecular weight is 334 g/mol. The molecule has 0 bridgehead atoms. The van der Waals surface area contributed by atoms with Crippen molar-refractivity contribution in [2.45, 2.75) is 45.3 Å². The number of rotatable bonds is 5. The molecule has 3 atom stereocenters. The van der Waals surface area contributed by atoms with Crippen molar-refractivity contribution in [3.63, 3.8) is 0 Å². The Labute approximate surface area is 144 Å². The number of nitrogens with one attached hydrogen (secondary N) is 1. The highest BCUT2D eigenvalue weighted by Gasteiger charge is 2.32. The molecule has 0 aromatic carbocycles. The molecule has 0 spiro atoms. The molecule has 1 aromatic heterocycles. The maximum Gasteiger partial charge on any atom is 0.239 e. The topological polar surface area (TPSA) is 59.4 Å². The molecule has 24 heavy (non-hydrogen) atoms. The van der Waals surface area contributed by atoms with E-state index in [9.17, 15) is 4.79 Å². The second-order valence-corrected chi connectivity index (χ2v) is 7.43. The summed E-state index contributed by atoms with van der Waals surface area (Å²) in [5, 5.41) is 7.68. The van der Waals surface area contributed by atoms with Crippen molar-refractivity contribution < 1.29 is 9.53 Å². The van der Waals surface area contributed by atoms with Gasteiger partial charge in [-0.05, 0) is 32.1 Å². The van der Waals surface area contributed by atoms with E-state index in [0.29, 0.717) is 5.92 Å². The van der Waals surface area contributed by atoms with E-state index in [0.717, 1.165) is 57.0 Å². The summed E-state index contributed by atoms with van der Waals surface area (Å²) in [6.07, 6.45) is 7.26. The van der Waals surface area contributed by atoms with Gasteiger partial charge in [0.25, 0.3) is 0 Å². The highest BCUT2D eigenvalue weighted by atomic mass is 16.5. The smallest absolute Gasteiger partial charge is 0.239 e. The van der Waals surface area contributed by atoms with Gasteiger partial charge < -0.3 is 15.0 Å². The first-order valence-electron chi connectivity index (χ1n) is 9.17. The molecule has 2 aliphatic heterocycles. The minimum absolute atomic E-state index is 0.0874. The Balaban J connectivity index is 1.50. The van der Waals surface area contributed by atoms with Crippen LogP contribution >= 0.6 is 0 Å². The summed E-state index contributed by atoms with van der Waals surface area (Å²) < 4.78 is 7.71. The summed E-state index contributed by atoms with van der Waals surface area (Å²) in [5.74, 6) is 1.37. The van der Waals surface area contributed by atoms with E-state index in [1.54, 1.807) is 0 Å². The predicted molar refractivity (Wildman–Crippen MR) is 92.5 cm³/mol. The van der Waals surface area contributed by atoms with E-state index in [1.165, 1.54) is 0 Å². The Morgan fingerprint density at radius 1 is 1.42 bits per heavy atom. The number of aromatic nitrogens is 2. The van der Waals surface area contributed by atoms with Crippen molar-refractivity contribution in [3.05, 3.63) is 18.0 Å². The molecule has 6 heteroatoms. The summed E-state index contributed by atoms with van der Waals surface area (Å²) >= 11 is 0. The van der Waals surface area contributed by atoms with Crippen molar-refractivity contribution in [2.75, 3.05) is 26.2 Å². The number of likely N-dealkylation sites (tertiary alicyclic amines) is 1. The number of aryl methyl sites for hydroxylation is 1. The zero-order valence-corrected chi connectivity index (χ0v) is 15.1. The summed E-state index contributed by atoms with van der Waals surface area (Å²) in [6.45, 7) is 7.63. The van der Waals surface area contributed by atoms with Crippen LogP contribution in [0.15, 0.2) is 12.4 Å². The van der Waals surface area contributed by atoms with Crippen LogP contribution in [0.4, 0.5) is 0 Å². The number of amides is 1. The van der Waals surface area contributed by atoms with Crippen molar-refractivity contribution in [1.82, 2.24) is 20.0 Å². The number of carbonyl (C=O) groups excluding carboxylic acids is 1.